The maximum Gasteiger partial charge on any atom is 0.393 e. The van der Waals surface area contributed by atoms with Crippen LogP contribution in [-0.4, -0.2) is 44.7 Å². The quantitative estimate of drug-likeness (QED) is 0.420. The summed E-state index contributed by atoms with van der Waals surface area (Å²) in [6, 6.07) is 12.2. The molecule has 5 rings (SSSR count). The maximum absolute atomic E-state index is 12.8. The molecule has 1 N–H and O–H groups in total. The normalized spacial score (nSPS) is 15.7. The van der Waals surface area contributed by atoms with Gasteiger partial charge >= 0.3 is 6.18 Å². The number of nitrogens with one attached hydrogen (secondary N) is 1. The highest BCUT2D eigenvalue weighted by atomic mass is 32.1. The number of benzene rings is 1. The van der Waals surface area contributed by atoms with E-state index in [-0.39, 0.29) is 10.9 Å². The zero-order valence-electron chi connectivity index (χ0n) is 18.6. The average Bonchev–Trinajstić information content (AvgIpc) is 3.34. The molecule has 1 aromatic carbocycles. The molecule has 3 aromatic heterocycles. The van der Waals surface area contributed by atoms with Crippen molar-refractivity contribution < 1.29 is 13.2 Å². The lowest BCUT2D eigenvalue weighted by atomic mass is 10.0. The summed E-state index contributed by atoms with van der Waals surface area (Å²) < 4.78 is 40.3. The van der Waals surface area contributed by atoms with Gasteiger partial charge in [0.15, 0.2) is 0 Å². The Hall–Kier alpha value is -3.16. The SMILES string of the molecule is Cn1c(C#N)cc2cc(CN3CCC(Nc4ncnc5sc(CC(F)(F)F)cc45)CC3)ccc21. The highest BCUT2D eigenvalue weighted by molar-refractivity contribution is 7.18. The first-order chi connectivity index (χ1) is 16.3. The molecule has 0 radical (unpaired) electrons. The van der Waals surface area contributed by atoms with E-state index in [2.05, 4.69) is 44.5 Å². The van der Waals surface area contributed by atoms with Gasteiger partial charge in [-0.2, -0.15) is 18.4 Å². The lowest BCUT2D eigenvalue weighted by molar-refractivity contribution is -0.126. The molecule has 176 valence electrons. The van der Waals surface area contributed by atoms with Crippen molar-refractivity contribution in [2.75, 3.05) is 18.4 Å². The minimum Gasteiger partial charge on any atom is -0.367 e. The minimum absolute atomic E-state index is 0.204. The van der Waals surface area contributed by atoms with Gasteiger partial charge in [-0.25, -0.2) is 9.97 Å². The molecule has 0 saturated carbocycles. The summed E-state index contributed by atoms with van der Waals surface area (Å²) in [6.07, 6.45) is -1.95. The van der Waals surface area contributed by atoms with E-state index in [1.54, 1.807) is 6.07 Å². The van der Waals surface area contributed by atoms with Crippen molar-refractivity contribution in [2.24, 2.45) is 7.05 Å². The summed E-state index contributed by atoms with van der Waals surface area (Å²) in [5, 5.41) is 14.4. The number of piperidine rings is 1. The van der Waals surface area contributed by atoms with Crippen LogP contribution in [0.2, 0.25) is 0 Å². The van der Waals surface area contributed by atoms with Crippen LogP contribution < -0.4 is 5.32 Å². The summed E-state index contributed by atoms with van der Waals surface area (Å²) in [7, 11) is 1.90. The number of halogens is 3. The topological polar surface area (TPSA) is 69.8 Å². The number of nitrogens with zero attached hydrogens (tertiary/aromatic N) is 5. The van der Waals surface area contributed by atoms with Crippen molar-refractivity contribution in [3.8, 4) is 6.07 Å². The third kappa shape index (κ3) is 4.72. The molecule has 1 aliphatic heterocycles. The minimum atomic E-state index is -4.24. The van der Waals surface area contributed by atoms with E-state index in [1.807, 2.05) is 17.7 Å². The number of thiophene rings is 1. The predicted octanol–water partition coefficient (Wildman–Crippen LogP) is 5.24. The van der Waals surface area contributed by atoms with Crippen molar-refractivity contribution in [1.82, 2.24) is 19.4 Å². The average molecular weight is 485 g/mol. The summed E-state index contributed by atoms with van der Waals surface area (Å²) in [6.45, 7) is 2.65. The molecule has 0 unspecified atom stereocenters. The van der Waals surface area contributed by atoms with Crippen LogP contribution in [0, 0.1) is 11.3 Å². The third-order valence-corrected chi connectivity index (χ3v) is 7.35. The van der Waals surface area contributed by atoms with Gasteiger partial charge in [0.1, 0.15) is 28.7 Å². The molecule has 0 aliphatic carbocycles. The molecule has 0 atom stereocenters. The summed E-state index contributed by atoms with van der Waals surface area (Å²) >= 11 is 1.07. The first kappa shape index (κ1) is 22.6. The highest BCUT2D eigenvalue weighted by Crippen LogP contribution is 2.33. The second kappa shape index (κ2) is 8.89. The first-order valence-electron chi connectivity index (χ1n) is 11.1. The number of likely N-dealkylation sites (tertiary alicyclic amines) is 1. The van der Waals surface area contributed by atoms with E-state index in [9.17, 15) is 18.4 Å². The lowest BCUT2D eigenvalue weighted by Crippen LogP contribution is -2.38. The van der Waals surface area contributed by atoms with Gasteiger partial charge in [0.2, 0.25) is 0 Å². The second-order valence-corrected chi connectivity index (χ2v) is 9.85. The highest BCUT2D eigenvalue weighted by Gasteiger charge is 2.29. The number of rotatable bonds is 5. The fraction of sp³-hybridized carbons (Fsp3) is 0.375. The molecule has 4 aromatic rings. The molecule has 10 heteroatoms. The standard InChI is InChI=1S/C24H23F3N6S/c1-32-18(12-28)9-16-8-15(2-3-21(16)32)13-33-6-4-17(5-7-33)31-22-20-10-19(11-24(25,26)27)34-23(20)30-14-29-22/h2-3,8-10,14,17H,4-7,11,13H2,1H3,(H,29,30,31). The van der Waals surface area contributed by atoms with Crippen LogP contribution >= 0.6 is 11.3 Å². The van der Waals surface area contributed by atoms with E-state index in [1.165, 1.54) is 11.9 Å². The van der Waals surface area contributed by atoms with Crippen molar-refractivity contribution >= 4 is 38.3 Å². The molecule has 34 heavy (non-hydrogen) atoms. The Bertz CT molecular complexity index is 1380. The molecule has 4 heterocycles. The maximum atomic E-state index is 12.8. The van der Waals surface area contributed by atoms with Gasteiger partial charge in [-0.1, -0.05) is 6.07 Å². The van der Waals surface area contributed by atoms with Crippen molar-refractivity contribution in [1.29, 1.82) is 5.26 Å². The van der Waals surface area contributed by atoms with Crippen LogP contribution in [0.5, 0.6) is 0 Å². The monoisotopic (exact) mass is 484 g/mol. The van der Waals surface area contributed by atoms with Gasteiger partial charge in [0.25, 0.3) is 0 Å². The number of alkyl halides is 3. The molecule has 0 amide bonds. The third-order valence-electron chi connectivity index (χ3n) is 6.31. The molecular formula is C24H23F3N6S. The zero-order chi connectivity index (χ0) is 23.9. The Labute approximate surface area is 198 Å². The Balaban J connectivity index is 1.22. The number of aromatic nitrogens is 3. The van der Waals surface area contributed by atoms with Crippen molar-refractivity contribution in [2.45, 2.75) is 38.0 Å². The lowest BCUT2D eigenvalue weighted by Gasteiger charge is -2.32. The fourth-order valence-electron chi connectivity index (χ4n) is 4.60. The number of aryl methyl sites for hydroxylation is 1. The van der Waals surface area contributed by atoms with Gasteiger partial charge in [-0.3, -0.25) is 4.90 Å². The van der Waals surface area contributed by atoms with Gasteiger partial charge in [0, 0.05) is 48.5 Å². The van der Waals surface area contributed by atoms with E-state index < -0.39 is 12.6 Å². The van der Waals surface area contributed by atoms with Crippen molar-refractivity contribution in [3.63, 3.8) is 0 Å². The molecule has 1 aliphatic rings. The van der Waals surface area contributed by atoms with Crippen LogP contribution in [0.3, 0.4) is 0 Å². The Kier molecular flexibility index (Phi) is 5.91. The molecule has 6 nitrogen and oxygen atoms in total. The van der Waals surface area contributed by atoms with Gasteiger partial charge in [-0.05, 0) is 42.7 Å². The summed E-state index contributed by atoms with van der Waals surface area (Å²) in [5.41, 5.74) is 2.90. The number of fused-ring (bicyclic) bond motifs is 2. The first-order valence-corrected chi connectivity index (χ1v) is 11.9. The number of hydrogen-bond donors (Lipinski definition) is 1. The molecular weight excluding hydrogens is 461 g/mol. The molecule has 0 bridgehead atoms. The van der Waals surface area contributed by atoms with Crippen LogP contribution in [0.15, 0.2) is 36.7 Å². The second-order valence-electron chi connectivity index (χ2n) is 8.73. The van der Waals surface area contributed by atoms with Gasteiger partial charge < -0.3 is 9.88 Å². The number of hydrogen-bond acceptors (Lipinski definition) is 6. The largest absolute Gasteiger partial charge is 0.393 e. The van der Waals surface area contributed by atoms with E-state index in [4.69, 9.17) is 0 Å². The number of nitriles is 1. The van der Waals surface area contributed by atoms with Gasteiger partial charge in [0.05, 0.1) is 11.8 Å². The van der Waals surface area contributed by atoms with Crippen LogP contribution in [-0.2, 0) is 20.0 Å². The van der Waals surface area contributed by atoms with E-state index >= 15 is 0 Å². The molecule has 1 saturated heterocycles. The summed E-state index contributed by atoms with van der Waals surface area (Å²) in [5.74, 6) is 0.607. The zero-order valence-corrected chi connectivity index (χ0v) is 19.4. The Morgan fingerprint density at radius 3 is 2.71 bits per heavy atom. The van der Waals surface area contributed by atoms with Crippen LogP contribution in [0.25, 0.3) is 21.1 Å². The van der Waals surface area contributed by atoms with E-state index in [0.29, 0.717) is 21.7 Å². The van der Waals surface area contributed by atoms with Gasteiger partial charge in [-0.15, -0.1) is 11.3 Å². The van der Waals surface area contributed by atoms with E-state index in [0.717, 1.165) is 54.7 Å². The predicted molar refractivity (Wildman–Crippen MR) is 127 cm³/mol. The Morgan fingerprint density at radius 1 is 1.18 bits per heavy atom. The number of anilines is 1. The van der Waals surface area contributed by atoms with Crippen LogP contribution in [0.4, 0.5) is 19.0 Å². The van der Waals surface area contributed by atoms with Crippen molar-refractivity contribution in [3.05, 3.63) is 52.8 Å². The molecule has 1 fully saturated rings. The molecule has 0 spiro atoms. The fourth-order valence-corrected chi connectivity index (χ4v) is 5.62. The smallest absolute Gasteiger partial charge is 0.367 e. The Morgan fingerprint density at radius 2 is 1.97 bits per heavy atom. The van der Waals surface area contributed by atoms with Crippen LogP contribution in [0.1, 0.15) is 29.0 Å². The summed E-state index contributed by atoms with van der Waals surface area (Å²) in [4.78, 5) is 11.7.